The Kier molecular flexibility index (Phi) is 3.99. The van der Waals surface area contributed by atoms with Crippen LogP contribution in [-0.2, 0) is 11.2 Å². The van der Waals surface area contributed by atoms with E-state index >= 15 is 0 Å². The minimum Gasteiger partial charge on any atom is -0.465 e. The molecule has 0 radical (unpaired) electrons. The first-order valence-corrected chi connectivity index (χ1v) is 7.57. The van der Waals surface area contributed by atoms with Crippen LogP contribution in [0.5, 0.6) is 0 Å². The second-order valence-corrected chi connectivity index (χ2v) is 5.68. The number of benzene rings is 2. The third-order valence-corrected chi connectivity index (χ3v) is 4.17. The molecule has 1 aliphatic rings. The van der Waals surface area contributed by atoms with Crippen LogP contribution in [0.2, 0.25) is 0 Å². The molecule has 0 unspecified atom stereocenters. The fourth-order valence-corrected chi connectivity index (χ4v) is 3.01. The van der Waals surface area contributed by atoms with Gasteiger partial charge in [0.05, 0.1) is 24.3 Å². The molecule has 0 spiro atoms. The van der Waals surface area contributed by atoms with Crippen molar-refractivity contribution < 1.29 is 9.53 Å². The summed E-state index contributed by atoms with van der Waals surface area (Å²) < 4.78 is 4.82. The number of carbonyl (C=O) groups excluding carboxylic acids is 1. The van der Waals surface area contributed by atoms with Gasteiger partial charge in [0.25, 0.3) is 0 Å². The number of nitriles is 1. The zero-order chi connectivity index (χ0) is 16.4. The molecule has 0 heterocycles. The molecular weight excluding hydrogens is 286 g/mol. The number of aryl methyl sites for hydroxylation is 2. The lowest BCUT2D eigenvalue weighted by atomic mass is 9.84. The van der Waals surface area contributed by atoms with E-state index in [0.29, 0.717) is 11.1 Å². The van der Waals surface area contributed by atoms with Gasteiger partial charge in [-0.15, -0.1) is 0 Å². The van der Waals surface area contributed by atoms with E-state index in [-0.39, 0.29) is 5.97 Å². The average molecular weight is 303 g/mol. The summed E-state index contributed by atoms with van der Waals surface area (Å²) >= 11 is 0. The van der Waals surface area contributed by atoms with Gasteiger partial charge in [-0.25, -0.2) is 4.79 Å². The van der Waals surface area contributed by atoms with Crippen molar-refractivity contribution in [1.82, 2.24) is 0 Å². The van der Waals surface area contributed by atoms with E-state index in [0.717, 1.165) is 35.1 Å². The van der Waals surface area contributed by atoms with Gasteiger partial charge in [-0.2, -0.15) is 5.26 Å². The number of allylic oxidation sites excluding steroid dienone is 1. The lowest BCUT2D eigenvalue weighted by Crippen LogP contribution is -2.07. The molecule has 0 saturated heterocycles. The molecule has 0 bridgehead atoms. The Morgan fingerprint density at radius 1 is 1.17 bits per heavy atom. The molecule has 0 N–H and O–H groups in total. The summed E-state index contributed by atoms with van der Waals surface area (Å²) in [7, 11) is 1.38. The van der Waals surface area contributed by atoms with Crippen LogP contribution in [0.15, 0.2) is 42.5 Å². The third-order valence-electron chi connectivity index (χ3n) is 4.17. The molecule has 2 aromatic carbocycles. The number of hydrogen-bond acceptors (Lipinski definition) is 3. The third kappa shape index (κ3) is 2.76. The Bertz CT molecular complexity index is 856. The van der Waals surface area contributed by atoms with Crippen LogP contribution >= 0.6 is 0 Å². The summed E-state index contributed by atoms with van der Waals surface area (Å²) in [5.41, 5.74) is 6.40. The SMILES string of the molecule is COC(=O)c1ccc2c(c1)C(c1ccc(C)cc1C#N)=CCC2. The van der Waals surface area contributed by atoms with Gasteiger partial charge in [0.15, 0.2) is 0 Å². The number of ether oxygens (including phenoxy) is 1. The fraction of sp³-hybridized carbons (Fsp3) is 0.200. The summed E-state index contributed by atoms with van der Waals surface area (Å²) in [4.78, 5) is 11.8. The predicted molar refractivity (Wildman–Crippen MR) is 89.1 cm³/mol. The van der Waals surface area contributed by atoms with Crippen molar-refractivity contribution in [3.63, 3.8) is 0 Å². The maximum Gasteiger partial charge on any atom is 0.337 e. The number of methoxy groups -OCH3 is 1. The van der Waals surface area contributed by atoms with Gasteiger partial charge >= 0.3 is 5.97 Å². The predicted octanol–water partition coefficient (Wildman–Crippen LogP) is 4.03. The first-order valence-electron chi connectivity index (χ1n) is 7.57. The minimum absolute atomic E-state index is 0.345. The molecule has 0 amide bonds. The van der Waals surface area contributed by atoms with E-state index in [1.54, 1.807) is 6.07 Å². The number of rotatable bonds is 2. The first-order chi connectivity index (χ1) is 11.1. The lowest BCUT2D eigenvalue weighted by Gasteiger charge is -2.20. The normalized spacial score (nSPS) is 12.8. The molecular formula is C20H17NO2. The van der Waals surface area contributed by atoms with Crippen molar-refractivity contribution in [3.8, 4) is 6.07 Å². The molecule has 23 heavy (non-hydrogen) atoms. The van der Waals surface area contributed by atoms with Crippen LogP contribution in [0, 0.1) is 18.3 Å². The highest BCUT2D eigenvalue weighted by molar-refractivity contribution is 5.93. The van der Waals surface area contributed by atoms with Gasteiger partial charge in [-0.3, -0.25) is 0 Å². The van der Waals surface area contributed by atoms with Gasteiger partial charge in [0.2, 0.25) is 0 Å². The topological polar surface area (TPSA) is 50.1 Å². The van der Waals surface area contributed by atoms with E-state index in [1.165, 1.54) is 12.7 Å². The molecule has 0 atom stereocenters. The summed E-state index contributed by atoms with van der Waals surface area (Å²) in [5, 5.41) is 9.45. The highest BCUT2D eigenvalue weighted by Gasteiger charge is 2.19. The van der Waals surface area contributed by atoms with E-state index in [9.17, 15) is 10.1 Å². The number of nitrogens with zero attached hydrogens (tertiary/aromatic N) is 1. The second-order valence-electron chi connectivity index (χ2n) is 5.68. The van der Waals surface area contributed by atoms with Crippen LogP contribution in [0.3, 0.4) is 0 Å². The van der Waals surface area contributed by atoms with Crippen molar-refractivity contribution in [1.29, 1.82) is 5.26 Å². The van der Waals surface area contributed by atoms with E-state index in [4.69, 9.17) is 4.74 Å². The van der Waals surface area contributed by atoms with Gasteiger partial charge in [-0.05, 0) is 65.8 Å². The van der Waals surface area contributed by atoms with E-state index in [2.05, 4.69) is 12.1 Å². The Morgan fingerprint density at radius 3 is 2.74 bits per heavy atom. The molecule has 114 valence electrons. The van der Waals surface area contributed by atoms with Gasteiger partial charge < -0.3 is 4.74 Å². The molecule has 0 saturated carbocycles. The Labute approximate surface area is 135 Å². The summed E-state index contributed by atoms with van der Waals surface area (Å²) in [6, 6.07) is 13.8. The zero-order valence-corrected chi connectivity index (χ0v) is 13.2. The molecule has 2 aromatic rings. The molecule has 0 aromatic heterocycles. The summed E-state index contributed by atoms with van der Waals surface area (Å²) in [6.45, 7) is 1.98. The van der Waals surface area contributed by atoms with Crippen molar-refractivity contribution in [2.75, 3.05) is 7.11 Å². The Morgan fingerprint density at radius 2 is 2.00 bits per heavy atom. The number of fused-ring (bicyclic) bond motifs is 1. The standard InChI is InChI=1S/C20H17NO2/c1-13-6-9-17(16(10-13)12-21)18-5-3-4-14-7-8-15(11-19(14)18)20(22)23-2/h5-11H,3-4H2,1-2H3. The van der Waals surface area contributed by atoms with Crippen LogP contribution in [0.4, 0.5) is 0 Å². The van der Waals surface area contributed by atoms with Crippen LogP contribution in [-0.4, -0.2) is 13.1 Å². The van der Waals surface area contributed by atoms with Crippen molar-refractivity contribution in [3.05, 3.63) is 75.9 Å². The van der Waals surface area contributed by atoms with Crippen molar-refractivity contribution in [2.45, 2.75) is 19.8 Å². The minimum atomic E-state index is -0.345. The first kappa shape index (κ1) is 15.1. The average Bonchev–Trinajstić information content (AvgIpc) is 2.60. The number of esters is 1. The highest BCUT2D eigenvalue weighted by atomic mass is 16.5. The van der Waals surface area contributed by atoms with E-state index in [1.807, 2.05) is 37.3 Å². The Hall–Kier alpha value is -2.86. The molecule has 1 aliphatic carbocycles. The van der Waals surface area contributed by atoms with Gasteiger partial charge in [0.1, 0.15) is 0 Å². The largest absolute Gasteiger partial charge is 0.465 e. The molecule has 3 rings (SSSR count). The zero-order valence-electron chi connectivity index (χ0n) is 13.2. The van der Waals surface area contributed by atoms with Gasteiger partial charge in [0, 0.05) is 0 Å². The maximum absolute atomic E-state index is 11.8. The summed E-state index contributed by atoms with van der Waals surface area (Å²) in [6.07, 6.45) is 4.02. The monoisotopic (exact) mass is 303 g/mol. The number of carbonyl (C=O) groups is 1. The van der Waals surface area contributed by atoms with Gasteiger partial charge in [-0.1, -0.05) is 24.3 Å². The molecule has 3 nitrogen and oxygen atoms in total. The van der Waals surface area contributed by atoms with Crippen molar-refractivity contribution in [2.24, 2.45) is 0 Å². The molecule has 0 fully saturated rings. The van der Waals surface area contributed by atoms with E-state index < -0.39 is 0 Å². The van der Waals surface area contributed by atoms with Crippen LogP contribution in [0.1, 0.15) is 44.6 Å². The smallest absolute Gasteiger partial charge is 0.337 e. The Balaban J connectivity index is 2.16. The highest BCUT2D eigenvalue weighted by Crippen LogP contribution is 2.34. The van der Waals surface area contributed by atoms with Crippen LogP contribution < -0.4 is 0 Å². The van der Waals surface area contributed by atoms with Crippen molar-refractivity contribution >= 4 is 11.5 Å². The molecule has 3 heteroatoms. The quantitative estimate of drug-likeness (QED) is 0.787. The maximum atomic E-state index is 11.8. The summed E-state index contributed by atoms with van der Waals surface area (Å²) in [5.74, 6) is -0.345. The van der Waals surface area contributed by atoms with Crippen LogP contribution in [0.25, 0.3) is 5.57 Å². The second kappa shape index (κ2) is 6.10. The fourth-order valence-electron chi connectivity index (χ4n) is 3.01. The lowest BCUT2D eigenvalue weighted by molar-refractivity contribution is 0.0600. The molecule has 0 aliphatic heterocycles. The number of hydrogen-bond donors (Lipinski definition) is 0.